The van der Waals surface area contributed by atoms with Crippen molar-refractivity contribution in [3.8, 4) is 0 Å². The van der Waals surface area contributed by atoms with Crippen molar-refractivity contribution < 1.29 is 13.2 Å². The van der Waals surface area contributed by atoms with Gasteiger partial charge in [-0.15, -0.1) is 0 Å². The average Bonchev–Trinajstić information content (AvgIpc) is 2.68. The minimum absolute atomic E-state index is 0.126. The van der Waals surface area contributed by atoms with Gasteiger partial charge in [-0.3, -0.25) is 9.48 Å². The van der Waals surface area contributed by atoms with Gasteiger partial charge < -0.3 is 5.32 Å². The van der Waals surface area contributed by atoms with Crippen molar-refractivity contribution in [3.63, 3.8) is 0 Å². The Morgan fingerprint density at radius 1 is 1.09 bits per heavy atom. The Kier molecular flexibility index (Phi) is 5.10. The van der Waals surface area contributed by atoms with Crippen LogP contribution in [-0.2, 0) is 6.54 Å². The number of para-hydroxylation sites is 1. The number of hydrogen-bond donors (Lipinski definition) is 1. The van der Waals surface area contributed by atoms with Crippen molar-refractivity contribution in [2.75, 3.05) is 5.32 Å². The zero-order valence-corrected chi connectivity index (χ0v) is 18.8. The van der Waals surface area contributed by atoms with Crippen LogP contribution < -0.4 is 10.7 Å². The molecule has 0 aliphatic heterocycles. The van der Waals surface area contributed by atoms with Gasteiger partial charge in [0.05, 0.1) is 10.9 Å². The summed E-state index contributed by atoms with van der Waals surface area (Å²) in [6.07, 6.45) is 1.80. The molecule has 6 rings (SSSR count). The van der Waals surface area contributed by atoms with E-state index in [0.29, 0.717) is 33.5 Å². The van der Waals surface area contributed by atoms with Crippen molar-refractivity contribution >= 4 is 16.7 Å². The molecule has 4 bridgehead atoms. The Morgan fingerprint density at radius 2 is 1.78 bits per heavy atom. The lowest BCUT2D eigenvalue weighted by atomic mass is 9.43. The van der Waals surface area contributed by atoms with Crippen molar-refractivity contribution in [2.24, 2.45) is 16.7 Å². The fourth-order valence-electron chi connectivity index (χ4n) is 7.89. The topological polar surface area (TPSA) is 46.9 Å². The predicted molar refractivity (Wildman–Crippen MR) is 120 cm³/mol. The number of anilines is 1. The van der Waals surface area contributed by atoms with Crippen molar-refractivity contribution in [1.29, 1.82) is 0 Å². The first-order valence-electron chi connectivity index (χ1n) is 11.8. The molecule has 4 nitrogen and oxygen atoms in total. The zero-order valence-electron chi connectivity index (χ0n) is 18.8. The van der Waals surface area contributed by atoms with E-state index in [-0.39, 0.29) is 30.4 Å². The van der Waals surface area contributed by atoms with Gasteiger partial charge in [0.2, 0.25) is 5.43 Å². The lowest BCUT2D eigenvalue weighted by Gasteiger charge is -2.65. The standard InChI is InChI=1S/C25H32F3N3O/c1-23-10-16-11-24(2,13-23)15-25(12-16,14-23)29-22-20(32)17-6-3-4-8-19(17)31(30-22)9-5-7-18(26)21(27)28/h3-4,6,8,16,18,21H,5,7,9-15H2,1-2H3,(H,29,30). The number of benzene rings is 1. The van der Waals surface area contributed by atoms with Gasteiger partial charge in [0.25, 0.3) is 6.43 Å². The van der Waals surface area contributed by atoms with Gasteiger partial charge in [-0.2, -0.15) is 5.10 Å². The van der Waals surface area contributed by atoms with Crippen molar-refractivity contribution in [1.82, 2.24) is 9.78 Å². The molecule has 0 saturated heterocycles. The molecule has 3 unspecified atom stereocenters. The minimum atomic E-state index is -2.97. The van der Waals surface area contributed by atoms with E-state index in [1.807, 2.05) is 12.1 Å². The molecule has 3 atom stereocenters. The van der Waals surface area contributed by atoms with Crippen LogP contribution in [0.25, 0.3) is 10.9 Å². The SMILES string of the molecule is CC12CC3CC(C)(C1)CC(Nc1nn(CCCC(F)C(F)F)c4ccccc4c1=O)(C3)C2. The lowest BCUT2D eigenvalue weighted by molar-refractivity contribution is -0.0974. The first-order chi connectivity index (χ1) is 15.1. The quantitative estimate of drug-likeness (QED) is 0.571. The smallest absolute Gasteiger partial charge is 0.269 e. The third kappa shape index (κ3) is 3.81. The van der Waals surface area contributed by atoms with Gasteiger partial charge in [-0.1, -0.05) is 26.0 Å². The van der Waals surface area contributed by atoms with Gasteiger partial charge in [-0.05, 0) is 80.2 Å². The Morgan fingerprint density at radius 3 is 2.44 bits per heavy atom. The molecule has 0 amide bonds. The molecule has 32 heavy (non-hydrogen) atoms. The van der Waals surface area contributed by atoms with Crippen LogP contribution in [0, 0.1) is 16.7 Å². The summed E-state index contributed by atoms with van der Waals surface area (Å²) in [6, 6.07) is 7.23. The van der Waals surface area contributed by atoms with Crippen LogP contribution in [0.2, 0.25) is 0 Å². The summed E-state index contributed by atoms with van der Waals surface area (Å²) in [5.74, 6) is 1.01. The van der Waals surface area contributed by atoms with Crippen LogP contribution in [0.3, 0.4) is 0 Å². The second-order valence-corrected chi connectivity index (χ2v) is 11.4. The van der Waals surface area contributed by atoms with Gasteiger partial charge in [0, 0.05) is 12.1 Å². The van der Waals surface area contributed by atoms with Crippen molar-refractivity contribution in [3.05, 3.63) is 34.5 Å². The average molecular weight is 448 g/mol. The summed E-state index contributed by atoms with van der Waals surface area (Å²) in [4.78, 5) is 13.3. The number of rotatable bonds is 7. The number of alkyl halides is 3. The maximum atomic E-state index is 13.4. The summed E-state index contributed by atoms with van der Waals surface area (Å²) >= 11 is 0. The second kappa shape index (κ2) is 7.49. The zero-order chi connectivity index (χ0) is 22.7. The normalized spacial score (nSPS) is 34.4. The minimum Gasteiger partial charge on any atom is -0.360 e. The van der Waals surface area contributed by atoms with Crippen LogP contribution in [0.15, 0.2) is 29.1 Å². The molecular formula is C25H32F3N3O. The fourth-order valence-corrected chi connectivity index (χ4v) is 7.89. The largest absolute Gasteiger partial charge is 0.360 e. The van der Waals surface area contributed by atoms with Crippen LogP contribution in [-0.4, -0.2) is 27.9 Å². The molecule has 0 spiro atoms. The maximum absolute atomic E-state index is 13.4. The van der Waals surface area contributed by atoms with E-state index in [1.165, 1.54) is 19.3 Å². The van der Waals surface area contributed by atoms with Gasteiger partial charge in [0.1, 0.15) is 0 Å². The molecule has 7 heteroatoms. The maximum Gasteiger partial charge on any atom is 0.269 e. The van der Waals surface area contributed by atoms with Crippen LogP contribution in [0.4, 0.5) is 19.0 Å². The Hall–Kier alpha value is -2.05. The van der Waals surface area contributed by atoms with E-state index in [1.54, 1.807) is 16.8 Å². The number of aromatic nitrogens is 2. The Bertz CT molecular complexity index is 1070. The van der Waals surface area contributed by atoms with E-state index in [2.05, 4.69) is 24.3 Å². The molecule has 4 fully saturated rings. The van der Waals surface area contributed by atoms with E-state index in [9.17, 15) is 18.0 Å². The summed E-state index contributed by atoms with van der Waals surface area (Å²) < 4.78 is 40.2. The third-order valence-electron chi connectivity index (χ3n) is 8.00. The van der Waals surface area contributed by atoms with Crippen LogP contribution >= 0.6 is 0 Å². The highest BCUT2D eigenvalue weighted by Gasteiger charge is 2.60. The first kappa shape index (κ1) is 21.8. The highest BCUT2D eigenvalue weighted by Crippen LogP contribution is 2.66. The monoisotopic (exact) mass is 447 g/mol. The molecule has 4 aliphatic rings. The summed E-state index contributed by atoms with van der Waals surface area (Å²) in [5.41, 5.74) is 0.985. The molecule has 174 valence electrons. The molecule has 4 aliphatic carbocycles. The molecule has 0 radical (unpaired) electrons. The molecular weight excluding hydrogens is 415 g/mol. The van der Waals surface area contributed by atoms with Gasteiger partial charge in [0.15, 0.2) is 12.0 Å². The van der Waals surface area contributed by atoms with Crippen LogP contribution in [0.5, 0.6) is 0 Å². The van der Waals surface area contributed by atoms with Crippen LogP contribution in [0.1, 0.15) is 65.2 Å². The highest BCUT2D eigenvalue weighted by molar-refractivity contribution is 5.80. The number of halogens is 3. The lowest BCUT2D eigenvalue weighted by Crippen LogP contribution is -2.62. The predicted octanol–water partition coefficient (Wildman–Crippen LogP) is 5.94. The summed E-state index contributed by atoms with van der Waals surface area (Å²) in [7, 11) is 0. The molecule has 1 N–H and O–H groups in total. The van der Waals surface area contributed by atoms with Crippen molar-refractivity contribution in [2.45, 2.75) is 89.9 Å². The van der Waals surface area contributed by atoms with E-state index in [0.717, 1.165) is 19.3 Å². The van der Waals surface area contributed by atoms with E-state index in [4.69, 9.17) is 0 Å². The molecule has 1 heterocycles. The summed E-state index contributed by atoms with van der Waals surface area (Å²) in [5, 5.41) is 8.82. The Balaban J connectivity index is 1.47. The molecule has 1 aromatic carbocycles. The van der Waals surface area contributed by atoms with Gasteiger partial charge >= 0.3 is 0 Å². The number of hydrogen-bond acceptors (Lipinski definition) is 3. The molecule has 4 saturated carbocycles. The number of nitrogens with one attached hydrogen (secondary N) is 1. The van der Waals surface area contributed by atoms with E-state index < -0.39 is 12.6 Å². The molecule has 1 aromatic heterocycles. The number of fused-ring (bicyclic) bond motifs is 1. The Labute approximate surface area is 186 Å². The highest BCUT2D eigenvalue weighted by atomic mass is 19.3. The van der Waals surface area contributed by atoms with E-state index >= 15 is 0 Å². The second-order valence-electron chi connectivity index (χ2n) is 11.4. The first-order valence-corrected chi connectivity index (χ1v) is 11.8. The third-order valence-corrected chi connectivity index (χ3v) is 8.00. The summed E-state index contributed by atoms with van der Waals surface area (Å²) in [6.45, 7) is 5.05. The number of nitrogens with zero attached hydrogens (tertiary/aromatic N) is 2. The number of aryl methyl sites for hydroxylation is 1. The molecule has 2 aromatic rings. The fraction of sp³-hybridized carbons (Fsp3) is 0.680. The van der Waals surface area contributed by atoms with Gasteiger partial charge in [-0.25, -0.2) is 13.2 Å².